The van der Waals surface area contributed by atoms with Gasteiger partial charge in [-0.3, -0.25) is 7.56 Å². The van der Waals surface area contributed by atoms with E-state index in [0.29, 0.717) is 0 Å². The molecule has 0 saturated carbocycles. The normalized spacial score (nSPS) is 9.93. The third-order valence-electron chi connectivity index (χ3n) is 21.6. The van der Waals surface area contributed by atoms with Gasteiger partial charge in [-0.2, -0.15) is 0 Å². The summed E-state index contributed by atoms with van der Waals surface area (Å²) in [5, 5.41) is 0. The second kappa shape index (κ2) is 51.1. The first-order chi connectivity index (χ1) is 47.3. The Labute approximate surface area is 728 Å². The highest BCUT2D eigenvalue weighted by Crippen LogP contribution is 2.54. The molecule has 0 rings (SSSR count). The van der Waals surface area contributed by atoms with Crippen LogP contribution in [0.1, 0.15) is 0 Å². The highest BCUT2D eigenvalue weighted by Gasteiger charge is 2.68. The lowest BCUT2D eigenvalue weighted by atomic mass is 8.31. The number of hydrogen-bond acceptors (Lipinski definition) is 0. The third kappa shape index (κ3) is 29.7. The van der Waals surface area contributed by atoms with Gasteiger partial charge in [-0.25, -0.2) is 0 Å². The van der Waals surface area contributed by atoms with Crippen molar-refractivity contribution in [1.29, 1.82) is 0 Å². The maximum atomic E-state index is 7.57. The molecule has 0 spiro atoms. The number of rotatable bonds is 50. The van der Waals surface area contributed by atoms with Crippen LogP contribution in [0.4, 0.5) is 0 Å². The summed E-state index contributed by atoms with van der Waals surface area (Å²) in [5.41, 5.74) is 0. The summed E-state index contributed by atoms with van der Waals surface area (Å²) in [6.07, 6.45) is -96.0. The van der Waals surface area contributed by atoms with E-state index in [2.05, 4.69) is 0 Å². The fourth-order valence-corrected chi connectivity index (χ4v) is 23.8. The van der Waals surface area contributed by atoms with Gasteiger partial charge in [-0.1, -0.05) is 0 Å². The summed E-state index contributed by atoms with van der Waals surface area (Å²) in [7, 11) is 376. The molecular formula is B103P. The molecule has 314 valence electrons. The molecular weight excluding hydrogens is 1140 g/mol. The van der Waals surface area contributed by atoms with Gasteiger partial charge in [-0.15, -0.1) is 0 Å². The van der Waals surface area contributed by atoms with Gasteiger partial charge in [0.25, 0.3) is 0 Å². The zero-order valence-electron chi connectivity index (χ0n) is 59.9. The van der Waals surface area contributed by atoms with E-state index in [1.165, 1.54) is 0 Å². The van der Waals surface area contributed by atoms with Gasteiger partial charge >= 0.3 is 0 Å². The van der Waals surface area contributed by atoms with Crippen LogP contribution in [0.2, 0.25) is 0 Å². The highest BCUT2D eigenvalue weighted by atomic mass is 31.1. The van der Waals surface area contributed by atoms with Crippen molar-refractivity contribution in [1.82, 2.24) is 0 Å². The van der Waals surface area contributed by atoms with Crippen LogP contribution in [0.15, 0.2) is 0 Å². The van der Waals surface area contributed by atoms with Crippen LogP contribution in [-0.2, 0) is 0 Å². The van der Waals surface area contributed by atoms with E-state index >= 15 is 0 Å². The molecule has 106 radical (unpaired) electrons. The minimum atomic E-state index is -3.86. The monoisotopic (exact) mass is 1160 g/mol. The summed E-state index contributed by atoms with van der Waals surface area (Å²) in [6.45, 7) is 0. The van der Waals surface area contributed by atoms with Crippen LogP contribution in [0.3, 0.4) is 0 Å². The summed E-state index contributed by atoms with van der Waals surface area (Å²) < 4.78 is 0. The van der Waals surface area contributed by atoms with Gasteiger partial charge in [0.05, 0.1) is 18.6 Å². The van der Waals surface area contributed by atoms with Gasteiger partial charge in [0.2, 0.25) is 0 Å². The Bertz CT molecular complexity index is 1780. The molecule has 0 heterocycles. The second-order valence-corrected chi connectivity index (χ2v) is 31.7. The fraction of sp³-hybridized carbons (Fsp3) is 0. The Kier molecular flexibility index (Phi) is 54.6. The molecule has 0 bridgehead atoms. The maximum absolute atomic E-state index is 7.57. The van der Waals surface area contributed by atoms with Gasteiger partial charge < -0.3 is 0 Å². The first-order valence-electron chi connectivity index (χ1n) is 34.1. The van der Waals surface area contributed by atoms with Crippen LogP contribution in [0.25, 0.3) is 0 Å². The molecule has 0 unspecified atom stereocenters. The lowest BCUT2D eigenvalue weighted by Gasteiger charge is -2.65. The molecule has 0 aliphatic carbocycles. The number of hydrogen-bond donors (Lipinski definition) is 0. The van der Waals surface area contributed by atoms with E-state index in [-0.39, 0.29) is 0 Å². The average Bonchev–Trinajstić information content (AvgIpc) is 3.41. The molecule has 0 aliphatic heterocycles. The fourth-order valence-electron chi connectivity index (χ4n) is 17.9. The van der Waals surface area contributed by atoms with E-state index in [1.54, 1.807) is 0 Å². The lowest BCUT2D eigenvalue weighted by molar-refractivity contribution is 3.19. The van der Waals surface area contributed by atoms with Crippen LogP contribution in [0, 0.1) is 0 Å². The first kappa shape index (κ1) is 111. The first-order valence-corrected chi connectivity index (χ1v) is 35.7. The van der Waals surface area contributed by atoms with Crippen LogP contribution in [0.5, 0.6) is 0 Å². The summed E-state index contributed by atoms with van der Waals surface area (Å²) >= 11 is 0. The molecule has 0 aromatic heterocycles. The minimum absolute atomic E-state index is 1.79. The zero-order chi connectivity index (χ0) is 82.4. The smallest absolute Gasteiger partial charge is 0.0527 e. The van der Waals surface area contributed by atoms with Crippen LogP contribution < -0.4 is 0 Å². The van der Waals surface area contributed by atoms with E-state index in [4.69, 9.17) is 410 Å². The molecule has 104 heavy (non-hydrogen) atoms. The van der Waals surface area contributed by atoms with Gasteiger partial charge in [0, 0.05) is 710 Å². The molecule has 0 nitrogen and oxygen atoms in total. The molecule has 104 heteroatoms. The Morgan fingerprint density at radius 2 is 0.173 bits per heavy atom. The Balaban J connectivity index is 15.0. The van der Waals surface area contributed by atoms with Crippen molar-refractivity contribution in [2.75, 3.05) is 0 Å². The van der Waals surface area contributed by atoms with Crippen molar-refractivity contribution in [3.05, 3.63) is 0 Å². The van der Waals surface area contributed by atoms with Crippen molar-refractivity contribution in [2.45, 2.75) is 0 Å². The zero-order valence-corrected chi connectivity index (χ0v) is 60.8. The predicted molar refractivity (Wildman–Crippen MR) is 600 cm³/mol. The van der Waals surface area contributed by atoms with Gasteiger partial charge in [-0.05, 0) is 0 Å². The summed E-state index contributed by atoms with van der Waals surface area (Å²) in [5.74, 6) is 0. The largest absolute Gasteiger partial charge is 0.253 e. The Morgan fingerprint density at radius 1 is 0.0865 bits per heavy atom. The van der Waals surface area contributed by atoms with E-state index in [0.717, 1.165) is 0 Å². The van der Waals surface area contributed by atoms with Gasteiger partial charge in [0.1, 0.15) is 0 Å². The van der Waals surface area contributed by atoms with E-state index in [9.17, 15) is 0 Å². The van der Waals surface area contributed by atoms with E-state index < -0.39 is 326 Å². The molecule has 0 amide bonds. The van der Waals surface area contributed by atoms with Crippen LogP contribution >= 0.6 is 7.56 Å². The van der Waals surface area contributed by atoms with Crippen molar-refractivity contribution in [3.63, 3.8) is 0 Å². The van der Waals surface area contributed by atoms with E-state index in [1.807, 2.05) is 0 Å². The predicted octanol–water partition coefficient (Wildman–Crippen LogP) is -38.4. The van der Waals surface area contributed by atoms with Crippen LogP contribution in [-0.4, -0.2) is 729 Å². The standard InChI is InChI=1S/B103P/c1-54(2)80(53)93(79(51)52)100(94(81(55(3)4)56(5)6)82(57(7)8)58(9)10)103(99(91(75(43)44)76(45)46)92(77(47)48)78(49)50)104(101(95(83(59(11)12)60(13)14)84(61(15)16)62(17)18)96(85(63(19)20)64(21)22)86(65(23)24)66(25)26)102(97(87(67(27)28)68(29)30)88(69(31)32)70(33)34)98(89(71(35)36)72(37)38)90(73(39)40)74(41)42. The third-order valence-corrected chi connectivity index (χ3v) is 25.8. The summed E-state index contributed by atoms with van der Waals surface area (Å²) in [6, 6.07) is 0. The lowest BCUT2D eigenvalue weighted by Crippen LogP contribution is -2.94. The molecule has 0 atom stereocenters. The van der Waals surface area contributed by atoms with Crippen molar-refractivity contribution >= 4 is 736 Å². The molecule has 0 N–H and O–H groups in total. The Morgan fingerprint density at radius 3 is 0.260 bits per heavy atom. The molecule has 0 saturated heterocycles. The molecule has 0 aromatic rings. The molecule has 0 fully saturated rings. The minimum Gasteiger partial charge on any atom is -0.253 e. The van der Waals surface area contributed by atoms with Crippen molar-refractivity contribution < 1.29 is 0 Å². The van der Waals surface area contributed by atoms with Crippen molar-refractivity contribution in [3.8, 4) is 0 Å². The maximum Gasteiger partial charge on any atom is 0.0527 e. The molecule has 0 aromatic carbocycles. The second-order valence-electron chi connectivity index (χ2n) is 29.1. The highest BCUT2D eigenvalue weighted by molar-refractivity contribution is 8.65. The van der Waals surface area contributed by atoms with Gasteiger partial charge in [0.15, 0.2) is 0 Å². The van der Waals surface area contributed by atoms with Crippen molar-refractivity contribution in [2.24, 2.45) is 0 Å². The topological polar surface area (TPSA) is 0 Å². The molecule has 0 aliphatic rings. The quantitative estimate of drug-likeness (QED) is 0.0421. The summed E-state index contributed by atoms with van der Waals surface area (Å²) in [4.78, 5) is 0. The SMILES string of the molecule is [B]B([B])B([B])B(B([B])[B])B(B(B(B([B])[B])B([B])[B])B(B([B])[B])B([B])[B])B(B(B(B([B])[B])B([B])[B])B(B([B])[B])B([B])[B])P(B(B(B(B([B])[B])B([B])[B])B(B([B])[B])B([B])[B])B(B(B([B])[B])B([B])[B])B(B([B])[B])B([B])[B])B(B(B(B([B])[B])B([B])[B])B(B([B])[B])B([B])[B])B(B(B([B])[B])B([B])[B])B(B([B])[B])B([B])[B]. The average molecular weight is 1140 g/mol. The Hall–Kier alpha value is 7.12.